The van der Waals surface area contributed by atoms with E-state index in [0.29, 0.717) is 12.3 Å². The Morgan fingerprint density at radius 2 is 1.70 bits per heavy atom. The fourth-order valence-electron chi connectivity index (χ4n) is 8.02. The van der Waals surface area contributed by atoms with Crippen LogP contribution in [-0.2, 0) is 13.8 Å². The molecular formula is C26H43N2O8P. The third kappa shape index (κ3) is 5.33. The van der Waals surface area contributed by atoms with Crippen LogP contribution in [0, 0.1) is 16.7 Å². The maximum atomic E-state index is 11.3. The monoisotopic (exact) mass is 542 g/mol. The predicted octanol–water partition coefficient (Wildman–Crippen LogP) is 2.31. The molecule has 0 aromatic carbocycles. The maximum Gasteiger partial charge on any atom is 0.469 e. The van der Waals surface area contributed by atoms with Crippen molar-refractivity contribution in [2.24, 2.45) is 27.5 Å². The molecule has 37 heavy (non-hydrogen) atoms. The summed E-state index contributed by atoms with van der Waals surface area (Å²) in [5.74, 6) is 0.618. The zero-order chi connectivity index (χ0) is 26.5. The van der Waals surface area contributed by atoms with Crippen molar-refractivity contribution in [2.45, 2.75) is 120 Å². The van der Waals surface area contributed by atoms with E-state index in [0.717, 1.165) is 77.0 Å². The number of nitrogens with zero attached hydrogens (tertiary/aromatic N) is 1. The summed E-state index contributed by atoms with van der Waals surface area (Å²) in [5.41, 5.74) is 5.17. The number of allylic oxidation sites excluding steroid dienone is 1. The second-order valence-electron chi connectivity index (χ2n) is 12.2. The molecule has 3 saturated carbocycles. The number of ether oxygens (including phenoxy) is 1. The molecule has 0 amide bonds. The number of aliphatic hydroxyl groups is 3. The van der Waals surface area contributed by atoms with E-state index >= 15 is 0 Å². The molecule has 0 aromatic rings. The Morgan fingerprint density at radius 3 is 2.43 bits per heavy atom. The van der Waals surface area contributed by atoms with E-state index in [9.17, 15) is 19.9 Å². The smallest absolute Gasteiger partial charge is 0.391 e. The molecule has 7 N–H and O–H groups in total. The van der Waals surface area contributed by atoms with Gasteiger partial charge in [0.15, 0.2) is 0 Å². The lowest BCUT2D eigenvalue weighted by atomic mass is 9.69. The van der Waals surface area contributed by atoms with Crippen LogP contribution in [0.4, 0.5) is 0 Å². The second kappa shape index (κ2) is 10.3. The zero-order valence-corrected chi connectivity index (χ0v) is 22.3. The van der Waals surface area contributed by atoms with Crippen LogP contribution in [-0.4, -0.2) is 73.6 Å². The van der Waals surface area contributed by atoms with Crippen LogP contribution in [0.3, 0.4) is 0 Å². The van der Waals surface area contributed by atoms with Gasteiger partial charge in [0.25, 0.3) is 0 Å². The van der Waals surface area contributed by atoms with Gasteiger partial charge in [-0.25, -0.2) is 4.57 Å². The lowest BCUT2D eigenvalue weighted by molar-refractivity contribution is -0.0616. The highest BCUT2D eigenvalue weighted by Crippen LogP contribution is 2.71. The second-order valence-corrected chi connectivity index (χ2v) is 13.5. The number of hydrogen-bond donors (Lipinski definition) is 6. The average Bonchev–Trinajstić information content (AvgIpc) is 3.51. The maximum absolute atomic E-state index is 11.3. The Hall–Kier alpha value is -0.840. The van der Waals surface area contributed by atoms with Crippen LogP contribution in [0.1, 0.15) is 83.5 Å². The summed E-state index contributed by atoms with van der Waals surface area (Å²) >= 11 is 0. The predicted molar refractivity (Wildman–Crippen MR) is 137 cm³/mol. The highest BCUT2D eigenvalue weighted by Gasteiger charge is 2.69. The number of hydrogen-bond acceptors (Lipinski definition) is 8. The number of phosphoric acid groups is 1. The molecule has 5 aliphatic rings. The van der Waals surface area contributed by atoms with Gasteiger partial charge in [-0.15, -0.1) is 0 Å². The lowest BCUT2D eigenvalue weighted by Crippen LogP contribution is -2.42. The zero-order valence-electron chi connectivity index (χ0n) is 21.5. The summed E-state index contributed by atoms with van der Waals surface area (Å²) in [7, 11) is -4.74. The first-order chi connectivity index (χ1) is 17.5. The quantitative estimate of drug-likeness (QED) is 0.291. The minimum absolute atomic E-state index is 0.168. The van der Waals surface area contributed by atoms with Crippen molar-refractivity contribution in [1.29, 1.82) is 0 Å². The molecule has 4 fully saturated rings. The van der Waals surface area contributed by atoms with Gasteiger partial charge in [-0.1, -0.05) is 44.6 Å². The molecule has 210 valence electrons. The Balaban J connectivity index is 1.47. The van der Waals surface area contributed by atoms with Crippen LogP contribution in [0.25, 0.3) is 0 Å². The molecule has 5 rings (SSSR count). The lowest BCUT2D eigenvalue weighted by Gasteiger charge is -2.38. The largest absolute Gasteiger partial charge is 0.469 e. The van der Waals surface area contributed by atoms with Gasteiger partial charge in [0.2, 0.25) is 0 Å². The molecule has 1 saturated heterocycles. The van der Waals surface area contributed by atoms with E-state index in [1.54, 1.807) is 0 Å². The molecule has 10 nitrogen and oxygen atoms in total. The molecule has 9 atom stereocenters. The minimum Gasteiger partial charge on any atom is -0.391 e. The van der Waals surface area contributed by atoms with Gasteiger partial charge < -0.3 is 35.6 Å². The number of aliphatic imine (C=N–C) groups is 1. The van der Waals surface area contributed by atoms with E-state index in [1.807, 2.05) is 6.08 Å². The molecule has 0 spiro atoms. The van der Waals surface area contributed by atoms with Crippen molar-refractivity contribution < 1.29 is 38.9 Å². The van der Waals surface area contributed by atoms with Gasteiger partial charge in [-0.2, -0.15) is 0 Å². The van der Waals surface area contributed by atoms with Crippen molar-refractivity contribution in [3.63, 3.8) is 0 Å². The molecule has 2 bridgehead atoms. The first kappa shape index (κ1) is 27.7. The van der Waals surface area contributed by atoms with Crippen LogP contribution < -0.4 is 5.73 Å². The third-order valence-corrected chi connectivity index (χ3v) is 10.6. The fourth-order valence-corrected chi connectivity index (χ4v) is 8.37. The van der Waals surface area contributed by atoms with Crippen molar-refractivity contribution >= 4 is 13.7 Å². The van der Waals surface area contributed by atoms with E-state index in [-0.39, 0.29) is 16.7 Å². The summed E-state index contributed by atoms with van der Waals surface area (Å²) in [5, 5.41) is 33.2. The first-order valence-corrected chi connectivity index (χ1v) is 15.5. The van der Waals surface area contributed by atoms with Gasteiger partial charge in [0, 0.05) is 5.41 Å². The van der Waals surface area contributed by atoms with Crippen LogP contribution >= 0.6 is 7.82 Å². The Bertz CT molecular complexity index is 957. The van der Waals surface area contributed by atoms with Crippen LogP contribution in [0.2, 0.25) is 0 Å². The number of phosphoric ester groups is 1. The Kier molecular flexibility index (Phi) is 7.70. The summed E-state index contributed by atoms with van der Waals surface area (Å²) < 4.78 is 22.0. The fraction of sp³-hybridized carbons (Fsp3) is 0.885. The highest BCUT2D eigenvalue weighted by molar-refractivity contribution is 7.46. The van der Waals surface area contributed by atoms with Gasteiger partial charge >= 0.3 is 7.82 Å². The number of fused-ring (bicyclic) bond motifs is 1. The summed E-state index contributed by atoms with van der Waals surface area (Å²) in [6.45, 7) is -0.494. The van der Waals surface area contributed by atoms with Crippen molar-refractivity contribution in [2.75, 3.05) is 6.61 Å². The van der Waals surface area contributed by atoms with Crippen molar-refractivity contribution in [1.82, 2.24) is 0 Å². The Morgan fingerprint density at radius 1 is 1.00 bits per heavy atom. The topological polar surface area (TPSA) is 175 Å². The van der Waals surface area contributed by atoms with Crippen LogP contribution in [0.15, 0.2) is 17.1 Å². The van der Waals surface area contributed by atoms with Crippen LogP contribution in [0.5, 0.6) is 0 Å². The molecule has 2 heterocycles. The highest BCUT2D eigenvalue weighted by atomic mass is 31.2. The van der Waals surface area contributed by atoms with E-state index < -0.39 is 50.5 Å². The molecule has 11 heteroatoms. The molecule has 9 unspecified atom stereocenters. The Labute approximate surface area is 218 Å². The average molecular weight is 543 g/mol. The van der Waals surface area contributed by atoms with Gasteiger partial charge in [0.1, 0.15) is 24.1 Å². The van der Waals surface area contributed by atoms with Gasteiger partial charge in [-0.3, -0.25) is 9.52 Å². The van der Waals surface area contributed by atoms with Gasteiger partial charge in [-0.05, 0) is 62.4 Å². The summed E-state index contributed by atoms with van der Waals surface area (Å²) in [4.78, 5) is 23.1. The number of aliphatic hydroxyl groups excluding tert-OH is 3. The minimum atomic E-state index is -4.74. The molecule has 3 aliphatic carbocycles. The molecular weight excluding hydrogens is 499 g/mol. The van der Waals surface area contributed by atoms with Crippen molar-refractivity contribution in [3.8, 4) is 0 Å². The van der Waals surface area contributed by atoms with E-state index in [4.69, 9.17) is 25.2 Å². The number of rotatable bonds is 4. The number of nitrogens with two attached hydrogens (primary N) is 1. The van der Waals surface area contributed by atoms with Gasteiger partial charge in [0.05, 0.1) is 24.4 Å². The molecule has 0 aromatic heterocycles. The summed E-state index contributed by atoms with van der Waals surface area (Å²) in [6.07, 6.45) is 11.3. The standard InChI is InChI=1S/C26H43N2O8P/c27-20-8-12-24-11-7-19(29)26(28-20,14-13-24)10-6-4-2-1-3-5-9-25(15-18(24)25)23-22(31)21(30)17(36-23)16-35-37(32,33)34/h8,12,17-19,21-23,29-31H,1-7,9-11,13-16H2,(H2,27,28)(H2,32,33,34)/b12-8-. The molecule has 0 radical (unpaired) electrons. The third-order valence-electron chi connectivity index (χ3n) is 10.1. The normalized spacial score (nSPS) is 49.2. The SMILES string of the molecule is NC1=N\C23CCCCCCCCC4(C5OC(COP(=O)(O)O)C(O)C5O)CC4C(/C=C\1)(CCC2O)CC3. The molecule has 2 aliphatic heterocycles. The van der Waals surface area contributed by atoms with E-state index in [1.165, 1.54) is 0 Å². The van der Waals surface area contributed by atoms with E-state index in [2.05, 4.69) is 10.6 Å². The van der Waals surface area contributed by atoms with Crippen molar-refractivity contribution in [3.05, 3.63) is 12.2 Å². The summed E-state index contributed by atoms with van der Waals surface area (Å²) in [6, 6.07) is 0. The first-order valence-electron chi connectivity index (χ1n) is 13.9. The number of amidine groups is 1.